The number of ether oxygens (including phenoxy) is 6. The fourth-order valence-electron chi connectivity index (χ4n) is 9.67. The SMILES string of the molecule is C=C(C)C(=O)OC(COCCCCCCCCCCCCCCCCCC)COc1c2c(c(OCC(COCCCCCCCCCCCCCCCCCC)OC(=O)C(=C)C)c3ccccc13)CC=CC2. The van der Waals surface area contributed by atoms with E-state index in [1.54, 1.807) is 13.8 Å². The molecule has 8 heteroatoms. The van der Waals surface area contributed by atoms with Gasteiger partial charge in [-0.3, -0.25) is 0 Å². The first-order valence-corrected chi connectivity index (χ1v) is 29.6. The molecule has 0 aromatic heterocycles. The highest BCUT2D eigenvalue weighted by Gasteiger charge is 2.26. The minimum Gasteiger partial charge on any atom is -0.489 e. The third kappa shape index (κ3) is 28.2. The molecule has 8 nitrogen and oxygen atoms in total. The molecule has 0 aliphatic heterocycles. The molecule has 2 atom stereocenters. The number of hydrogen-bond donors (Lipinski definition) is 0. The van der Waals surface area contributed by atoms with E-state index in [9.17, 15) is 9.59 Å². The highest BCUT2D eigenvalue weighted by Crippen LogP contribution is 2.43. The van der Waals surface area contributed by atoms with Crippen LogP contribution in [0.15, 0.2) is 60.7 Å². The number of carbonyl (C=O) groups excluding carboxylic acids is 2. The van der Waals surface area contributed by atoms with Gasteiger partial charge >= 0.3 is 11.9 Å². The van der Waals surface area contributed by atoms with Crippen LogP contribution in [0.2, 0.25) is 0 Å². The third-order valence-corrected chi connectivity index (χ3v) is 14.1. The summed E-state index contributed by atoms with van der Waals surface area (Å²) < 4.78 is 37.3. The van der Waals surface area contributed by atoms with Gasteiger partial charge in [0.25, 0.3) is 0 Å². The van der Waals surface area contributed by atoms with Crippen molar-refractivity contribution in [2.45, 2.75) is 258 Å². The van der Waals surface area contributed by atoms with Gasteiger partial charge in [-0.2, -0.15) is 0 Å². The normalized spacial score (nSPS) is 12.9. The van der Waals surface area contributed by atoms with Crippen molar-refractivity contribution in [3.8, 4) is 11.5 Å². The van der Waals surface area contributed by atoms with Crippen LogP contribution in [0, 0.1) is 0 Å². The summed E-state index contributed by atoms with van der Waals surface area (Å²) in [4.78, 5) is 25.6. The summed E-state index contributed by atoms with van der Waals surface area (Å²) in [7, 11) is 0. The topological polar surface area (TPSA) is 89.5 Å². The lowest BCUT2D eigenvalue weighted by Crippen LogP contribution is -2.31. The zero-order chi connectivity index (χ0) is 51.7. The van der Waals surface area contributed by atoms with Crippen molar-refractivity contribution in [2.75, 3.05) is 39.6 Å². The fourth-order valence-corrected chi connectivity index (χ4v) is 9.67. The van der Waals surface area contributed by atoms with Crippen LogP contribution in [0.1, 0.15) is 244 Å². The van der Waals surface area contributed by atoms with Crippen LogP contribution in [0.25, 0.3) is 10.8 Å². The van der Waals surface area contributed by atoms with E-state index in [0.29, 0.717) is 37.2 Å². The van der Waals surface area contributed by atoms with E-state index in [4.69, 9.17) is 28.4 Å². The molecule has 408 valence electrons. The largest absolute Gasteiger partial charge is 0.489 e. The number of carbonyl (C=O) groups is 2. The van der Waals surface area contributed by atoms with Crippen molar-refractivity contribution in [3.63, 3.8) is 0 Å². The summed E-state index contributed by atoms with van der Waals surface area (Å²) in [5.41, 5.74) is 2.73. The maximum absolute atomic E-state index is 12.8. The minimum absolute atomic E-state index is 0.133. The molecule has 1 aliphatic carbocycles. The van der Waals surface area contributed by atoms with E-state index >= 15 is 0 Å². The van der Waals surface area contributed by atoms with Gasteiger partial charge in [-0.25, -0.2) is 9.59 Å². The predicted molar refractivity (Wildman–Crippen MR) is 302 cm³/mol. The zero-order valence-electron chi connectivity index (χ0n) is 46.6. The standard InChI is InChI=1S/C64H104O8/c1-7-9-11-13-15-17-19-21-23-25-27-29-31-33-35-41-47-67-49-55(71-63(65)53(3)4)51-69-61-57-43-37-39-45-59(57)62(60-46-40-38-44-58(60)61)70-52-56(72-64(66)54(5)6)50-68-48-42-36-34-32-30-28-26-24-22-20-18-16-14-12-10-8-2/h37-40,43,45,55-56H,3,5,7-36,41-42,44,46-52H2,1-2,4,6H3. The monoisotopic (exact) mass is 1000 g/mol. The molecule has 0 radical (unpaired) electrons. The average molecular weight is 1000 g/mol. The number of unbranched alkanes of at least 4 members (excludes halogenated alkanes) is 30. The Morgan fingerprint density at radius 3 is 0.986 bits per heavy atom. The summed E-state index contributed by atoms with van der Waals surface area (Å²) in [5, 5.41) is 1.80. The molecule has 3 rings (SSSR count). The molecule has 2 aromatic carbocycles. The third-order valence-electron chi connectivity index (χ3n) is 14.1. The first-order chi connectivity index (χ1) is 35.3. The van der Waals surface area contributed by atoms with E-state index in [2.05, 4.69) is 39.2 Å². The Bertz CT molecular complexity index is 1650. The number of allylic oxidation sites excluding steroid dienone is 2. The number of esters is 2. The molecule has 0 spiro atoms. The van der Waals surface area contributed by atoms with Gasteiger partial charge in [0.1, 0.15) is 24.7 Å². The molecule has 0 N–H and O–H groups in total. The summed E-state index contributed by atoms with van der Waals surface area (Å²) >= 11 is 0. The van der Waals surface area contributed by atoms with Crippen LogP contribution in [-0.2, 0) is 41.4 Å². The Kier molecular flexibility index (Phi) is 36.3. The van der Waals surface area contributed by atoms with E-state index in [-0.39, 0.29) is 26.4 Å². The summed E-state index contributed by atoms with van der Waals surface area (Å²) in [6.45, 7) is 17.5. The van der Waals surface area contributed by atoms with E-state index in [0.717, 1.165) is 59.1 Å². The smallest absolute Gasteiger partial charge is 0.333 e. The Morgan fingerprint density at radius 1 is 0.431 bits per heavy atom. The quantitative estimate of drug-likeness (QED) is 0.0280. The van der Waals surface area contributed by atoms with Gasteiger partial charge < -0.3 is 28.4 Å². The molecular formula is C64H104O8. The van der Waals surface area contributed by atoms with Gasteiger partial charge in [-0.05, 0) is 39.5 Å². The fraction of sp³-hybridized carbons (Fsp3) is 0.719. The minimum atomic E-state index is -0.609. The molecular weight excluding hydrogens is 897 g/mol. The highest BCUT2D eigenvalue weighted by molar-refractivity contribution is 5.96. The van der Waals surface area contributed by atoms with Crippen LogP contribution < -0.4 is 9.47 Å². The van der Waals surface area contributed by atoms with Crippen molar-refractivity contribution >= 4 is 22.7 Å². The number of hydrogen-bond acceptors (Lipinski definition) is 8. The maximum atomic E-state index is 12.8. The van der Waals surface area contributed by atoms with Crippen molar-refractivity contribution in [1.29, 1.82) is 0 Å². The Balaban J connectivity index is 1.46. The highest BCUT2D eigenvalue weighted by atomic mass is 16.6. The second-order valence-electron chi connectivity index (χ2n) is 21.0. The summed E-state index contributed by atoms with van der Waals surface area (Å²) in [5.74, 6) is 0.589. The van der Waals surface area contributed by atoms with E-state index in [1.807, 2.05) is 24.3 Å². The predicted octanol–water partition coefficient (Wildman–Crippen LogP) is 17.8. The summed E-state index contributed by atoms with van der Waals surface area (Å²) in [6.07, 6.45) is 46.8. The van der Waals surface area contributed by atoms with Crippen LogP contribution in [0.4, 0.5) is 0 Å². The van der Waals surface area contributed by atoms with Crippen LogP contribution in [0.5, 0.6) is 11.5 Å². The molecule has 0 heterocycles. The van der Waals surface area contributed by atoms with Gasteiger partial charge in [-0.15, -0.1) is 0 Å². The van der Waals surface area contributed by atoms with E-state index < -0.39 is 24.1 Å². The molecule has 2 unspecified atom stereocenters. The molecule has 0 fully saturated rings. The van der Waals surface area contributed by atoms with Gasteiger partial charge in [0.05, 0.1) is 13.2 Å². The first-order valence-electron chi connectivity index (χ1n) is 29.6. The van der Waals surface area contributed by atoms with Crippen molar-refractivity contribution < 1.29 is 38.0 Å². The van der Waals surface area contributed by atoms with Crippen molar-refractivity contribution in [1.82, 2.24) is 0 Å². The average Bonchev–Trinajstić information content (AvgIpc) is 3.38. The van der Waals surface area contributed by atoms with Gasteiger partial charge in [0, 0.05) is 46.3 Å². The second kappa shape index (κ2) is 41.7. The molecule has 0 bridgehead atoms. The van der Waals surface area contributed by atoms with Crippen LogP contribution in [-0.4, -0.2) is 63.8 Å². The van der Waals surface area contributed by atoms with E-state index in [1.165, 1.54) is 180 Å². The number of benzene rings is 2. The molecule has 0 saturated carbocycles. The lowest BCUT2D eigenvalue weighted by atomic mass is 9.90. The number of rotatable bonds is 48. The second-order valence-corrected chi connectivity index (χ2v) is 21.0. The lowest BCUT2D eigenvalue weighted by Gasteiger charge is -2.26. The van der Waals surface area contributed by atoms with Gasteiger partial charge in [0.2, 0.25) is 0 Å². The Morgan fingerprint density at radius 2 is 0.708 bits per heavy atom. The van der Waals surface area contributed by atoms with Crippen LogP contribution >= 0.6 is 0 Å². The Labute approximate surface area is 440 Å². The first kappa shape index (κ1) is 62.7. The molecule has 0 amide bonds. The molecule has 72 heavy (non-hydrogen) atoms. The van der Waals surface area contributed by atoms with Gasteiger partial charge in [0.15, 0.2) is 12.2 Å². The number of fused-ring (bicyclic) bond motifs is 2. The molecule has 0 saturated heterocycles. The van der Waals surface area contributed by atoms with Crippen molar-refractivity contribution in [3.05, 3.63) is 71.8 Å². The van der Waals surface area contributed by atoms with Gasteiger partial charge in [-0.1, -0.05) is 256 Å². The van der Waals surface area contributed by atoms with Crippen LogP contribution in [0.3, 0.4) is 0 Å². The van der Waals surface area contributed by atoms with Crippen molar-refractivity contribution in [2.24, 2.45) is 0 Å². The molecule has 2 aromatic rings. The maximum Gasteiger partial charge on any atom is 0.333 e. The summed E-state index contributed by atoms with van der Waals surface area (Å²) in [6, 6.07) is 8.07. The molecule has 1 aliphatic rings. The lowest BCUT2D eigenvalue weighted by molar-refractivity contribution is -0.150. The zero-order valence-corrected chi connectivity index (χ0v) is 46.6. The Hall–Kier alpha value is -3.62.